The SMILES string of the molecule is O=C(OC[C@H]1O[C@@H]2O[C@H]3[C@H](O)[C@@H](O)[C@@H](O[C@H]4[C@H](O)[C@@H](O)[C@@H](O[C@H]5[C@H](O)[C@@H](O)[C@@H](O[C@H]6[C@H](O)[C@@H](O)[C@@H](O[C@H]7[C@H](O)[C@@H](O)[C@@H](O[C@H]8[C@H](O)[C@@H](O)[C@@H](O[C@H]9[C@H](O)[C@@H](O)[C@@H](O[C@H]1[C@H](O)[C@H]2O)O[C@@H]9CO)O[C@@H]8CO)O[C@@H]7CO)O[C@@H]6CO)O[C@@H]5CO)O[C@@H]4CO)O[C@@H]3CO)c1ccc2ccccc2c1. The zero-order valence-electron chi connectivity index (χ0n) is 52.4. The molecule has 41 heteroatoms. The van der Waals surface area contributed by atoms with Crippen molar-refractivity contribution in [2.24, 2.45) is 0 Å². The van der Waals surface area contributed by atoms with Crippen LogP contribution in [-0.2, 0) is 80.5 Å². The van der Waals surface area contributed by atoms with Gasteiger partial charge in [0.1, 0.15) is 202 Å². The van der Waals surface area contributed by atoms with Crippen LogP contribution < -0.4 is 0 Å². The number of hydrogen-bond donors (Lipinski definition) is 23. The molecule has 568 valence electrons. The van der Waals surface area contributed by atoms with Gasteiger partial charge in [-0.05, 0) is 22.9 Å². The third-order valence-corrected chi connectivity index (χ3v) is 19.1. The van der Waals surface area contributed by atoms with Gasteiger partial charge in [0.25, 0.3) is 0 Å². The largest absolute Gasteiger partial charge is 0.459 e. The molecule has 0 aliphatic carbocycles. The second kappa shape index (κ2) is 33.2. The van der Waals surface area contributed by atoms with Crippen molar-refractivity contribution in [3.05, 3.63) is 48.0 Å². The highest BCUT2D eigenvalue weighted by molar-refractivity contribution is 5.95. The number of fused-ring (bicyclic) bond motifs is 1. The minimum atomic E-state index is -2.33. The van der Waals surface area contributed by atoms with Crippen molar-refractivity contribution in [1.82, 2.24) is 0 Å². The van der Waals surface area contributed by atoms with Gasteiger partial charge in [0.05, 0.1) is 51.8 Å². The third kappa shape index (κ3) is 15.5. The lowest BCUT2D eigenvalue weighted by Crippen LogP contribution is -2.69. The molecule has 30 saturated heterocycles. The second-order valence-electron chi connectivity index (χ2n) is 25.4. The van der Waals surface area contributed by atoms with E-state index in [9.17, 15) is 122 Å². The molecule has 30 heterocycles. The van der Waals surface area contributed by atoms with E-state index in [1.165, 1.54) is 12.1 Å². The Kier molecular flexibility index (Phi) is 25.8. The van der Waals surface area contributed by atoms with Crippen molar-refractivity contribution in [1.29, 1.82) is 0 Å². The summed E-state index contributed by atoms with van der Waals surface area (Å²) < 4.78 is 98.4. The first-order chi connectivity index (χ1) is 47.8. The van der Waals surface area contributed by atoms with Gasteiger partial charge >= 0.3 is 5.97 Å². The van der Waals surface area contributed by atoms with Crippen molar-refractivity contribution in [2.45, 2.75) is 246 Å². The van der Waals surface area contributed by atoms with Crippen molar-refractivity contribution in [3.8, 4) is 0 Å². The molecule has 0 unspecified atom stereocenters. The second-order valence-corrected chi connectivity index (χ2v) is 25.4. The summed E-state index contributed by atoms with van der Waals surface area (Å²) in [5, 5.41) is 260. The minimum absolute atomic E-state index is 0.00000581. The van der Waals surface area contributed by atoms with Crippen molar-refractivity contribution in [2.75, 3.05) is 52.9 Å². The molecule has 30 aliphatic rings. The van der Waals surface area contributed by atoms with Crippen molar-refractivity contribution >= 4 is 16.7 Å². The van der Waals surface area contributed by atoms with Crippen LogP contribution in [0.15, 0.2) is 42.5 Å². The summed E-state index contributed by atoms with van der Waals surface area (Å²) in [5.41, 5.74) is -0.00000581. The molecule has 0 aromatic heterocycles. The molecule has 41 nitrogen and oxygen atoms in total. The molecule has 32 rings (SSSR count). The van der Waals surface area contributed by atoms with Gasteiger partial charge in [0.15, 0.2) is 50.3 Å². The Balaban J connectivity index is 0.874. The number of hydrogen-bond acceptors (Lipinski definition) is 41. The molecule has 2 aromatic rings. The number of ether oxygens (including phenoxy) is 17. The first kappa shape index (κ1) is 77.7. The predicted octanol–water partition coefficient (Wildman–Crippen LogP) is -14.4. The summed E-state index contributed by atoms with van der Waals surface area (Å²) in [5.74, 6) is -0.992. The Bertz CT molecular complexity index is 2910. The molecule has 0 saturated carbocycles. The van der Waals surface area contributed by atoms with Crippen LogP contribution in [0.2, 0.25) is 0 Å². The van der Waals surface area contributed by atoms with Crippen LogP contribution in [-0.4, -0.2) is 422 Å². The van der Waals surface area contributed by atoms with Crippen LogP contribution >= 0.6 is 0 Å². The quantitative estimate of drug-likeness (QED) is 0.0982. The number of carbonyl (C=O) groups is 1. The molecule has 40 atom stereocenters. The Morgan fingerprint density at radius 2 is 0.460 bits per heavy atom. The third-order valence-electron chi connectivity index (χ3n) is 19.1. The van der Waals surface area contributed by atoms with Gasteiger partial charge in [0, 0.05) is 0 Å². The van der Waals surface area contributed by atoms with Gasteiger partial charge in [-0.2, -0.15) is 0 Å². The Morgan fingerprint density at radius 3 is 0.680 bits per heavy atom. The summed E-state index contributed by atoms with van der Waals surface area (Å²) in [4.78, 5) is 13.7. The summed E-state index contributed by atoms with van der Waals surface area (Å²) in [6, 6.07) is 11.5. The molecular weight excluding hydrogens is 1360 g/mol. The molecule has 0 spiro atoms. The van der Waals surface area contributed by atoms with Gasteiger partial charge < -0.3 is 198 Å². The first-order valence-electron chi connectivity index (χ1n) is 32.1. The molecule has 100 heavy (non-hydrogen) atoms. The number of carbonyl (C=O) groups excluding carboxylic acids is 1. The highest BCUT2D eigenvalue weighted by Crippen LogP contribution is 2.40. The van der Waals surface area contributed by atoms with Gasteiger partial charge in [0.2, 0.25) is 0 Å². The van der Waals surface area contributed by atoms with Crippen LogP contribution in [0, 0.1) is 0 Å². The predicted molar refractivity (Wildman–Crippen MR) is 308 cm³/mol. The molecule has 0 amide bonds. The number of esters is 1. The van der Waals surface area contributed by atoms with E-state index in [1.807, 2.05) is 0 Å². The molecule has 2 aromatic carbocycles. The molecule has 30 fully saturated rings. The lowest BCUT2D eigenvalue weighted by Gasteiger charge is -2.50. The number of aliphatic hydroxyl groups excluding tert-OH is 23. The highest BCUT2D eigenvalue weighted by atomic mass is 16.8. The van der Waals surface area contributed by atoms with Gasteiger partial charge in [-0.25, -0.2) is 4.79 Å². The summed E-state index contributed by atoms with van der Waals surface area (Å²) in [6.07, 6.45) is -83.6. The molecule has 23 N–H and O–H groups in total. The average molecular weight is 1450 g/mol. The van der Waals surface area contributed by atoms with Crippen molar-refractivity contribution < 1.29 is 203 Å². The van der Waals surface area contributed by atoms with E-state index in [-0.39, 0.29) is 5.56 Å². The minimum Gasteiger partial charge on any atom is -0.459 e. The molecule has 0 radical (unpaired) electrons. The fraction of sp³-hybridized carbons (Fsp3) is 0.814. The summed E-state index contributed by atoms with van der Waals surface area (Å²) >= 11 is 0. The van der Waals surface area contributed by atoms with Crippen LogP contribution in [0.4, 0.5) is 0 Å². The van der Waals surface area contributed by atoms with Crippen LogP contribution in [0.5, 0.6) is 0 Å². The summed E-state index contributed by atoms with van der Waals surface area (Å²) in [7, 11) is 0. The smallest absolute Gasteiger partial charge is 0.338 e. The van der Waals surface area contributed by atoms with Crippen LogP contribution in [0.3, 0.4) is 0 Å². The maximum absolute atomic E-state index is 13.7. The Labute approximate surface area is 564 Å². The zero-order valence-corrected chi connectivity index (χ0v) is 52.4. The van der Waals surface area contributed by atoms with E-state index in [1.54, 1.807) is 30.3 Å². The Morgan fingerprint density at radius 1 is 0.260 bits per heavy atom. The number of aliphatic hydroxyl groups is 23. The standard InChI is InChI=1S/C59H86O41/c60-8-19-43-27(67)35(75)52(85-19)94-44-20(9-61)87-54(37(77)29(44)69)96-46-22(11-63)89-56(39(79)31(46)71)98-48-24(13-65)91-58(41(81)33(48)73)100-50-26(15-84-51(83)18-6-5-16-3-1-2-4-17(16)7-18)92-59(42(82)34(50)74)99-49-25(14-66)90-57(40(80)32(49)72)97-47-23(12-64)88-55(38(78)30(47)70)95-45-21(10-62)86-53(93-43)36(76)28(45)68/h1-7,19-50,52-82H,8-15H2/t19-,20-,21-,22-,23-,24-,25-,26-,27-,28-,29-,30-,31-,32-,33-,34-,35-,36-,37-,38-,39-,40-,41-,42-,43-,44-,45-,46-,47-,48-,49-,50-,52-,53-,54-,55-,56-,57-,58-,59-/m1/s1. The van der Waals surface area contributed by atoms with E-state index in [0.29, 0.717) is 5.39 Å². The first-order valence-corrected chi connectivity index (χ1v) is 32.1. The zero-order chi connectivity index (χ0) is 72.0. The molecule has 30 aliphatic heterocycles. The lowest BCUT2D eigenvalue weighted by atomic mass is 9.94. The maximum atomic E-state index is 13.7. The monoisotopic (exact) mass is 1450 g/mol. The van der Waals surface area contributed by atoms with E-state index in [4.69, 9.17) is 80.5 Å². The Hall–Kier alpha value is -3.39. The topological polar surface area (TPSA) is 639 Å². The van der Waals surface area contributed by atoms with Gasteiger partial charge in [-0.3, -0.25) is 0 Å². The number of rotatable bonds is 10. The highest BCUT2D eigenvalue weighted by Gasteiger charge is 2.60. The normalized spacial score (nSPS) is 50.1. The maximum Gasteiger partial charge on any atom is 0.338 e. The van der Waals surface area contributed by atoms with E-state index >= 15 is 0 Å². The average Bonchev–Trinajstić information content (AvgIpc) is 0.790. The van der Waals surface area contributed by atoms with Crippen LogP contribution in [0.25, 0.3) is 10.8 Å². The molecule has 16 bridgehead atoms. The van der Waals surface area contributed by atoms with E-state index in [2.05, 4.69) is 0 Å². The fourth-order valence-electron chi connectivity index (χ4n) is 13.4. The van der Waals surface area contributed by atoms with Crippen LogP contribution in [0.1, 0.15) is 10.4 Å². The number of benzene rings is 2. The van der Waals surface area contributed by atoms with E-state index < -0.39 is 304 Å². The van der Waals surface area contributed by atoms with Gasteiger partial charge in [-0.1, -0.05) is 30.3 Å². The fourth-order valence-corrected chi connectivity index (χ4v) is 13.4. The molecular formula is C59H86O41. The van der Waals surface area contributed by atoms with Gasteiger partial charge in [-0.15, -0.1) is 0 Å². The van der Waals surface area contributed by atoms with E-state index in [0.717, 1.165) is 5.39 Å². The van der Waals surface area contributed by atoms with Crippen molar-refractivity contribution in [3.63, 3.8) is 0 Å². The summed E-state index contributed by atoms with van der Waals surface area (Å²) in [6.45, 7) is -8.64. The lowest BCUT2D eigenvalue weighted by molar-refractivity contribution is -0.404.